The van der Waals surface area contributed by atoms with Crippen LogP contribution in [0.1, 0.15) is 17.5 Å². The average Bonchev–Trinajstić information content (AvgIpc) is 3.23. The van der Waals surface area contributed by atoms with E-state index in [0.717, 1.165) is 11.1 Å². The Kier molecular flexibility index (Phi) is 11.2. The van der Waals surface area contributed by atoms with Crippen LogP contribution in [-0.4, -0.2) is 76.2 Å². The third-order valence-corrected chi connectivity index (χ3v) is 6.28. The van der Waals surface area contributed by atoms with Gasteiger partial charge in [0.05, 0.1) is 39.6 Å². The lowest BCUT2D eigenvalue weighted by atomic mass is 10.1. The Morgan fingerprint density at radius 3 is 1.28 bits per heavy atom. The molecule has 0 spiro atoms. The molecule has 206 valence electrons. The maximum atomic E-state index is 12.7. The number of hydrogen-bond donors (Lipinski definition) is 0. The minimum absolute atomic E-state index is 0.0924. The first-order valence-corrected chi connectivity index (χ1v) is 12.7. The summed E-state index contributed by atoms with van der Waals surface area (Å²) in [7, 11) is 6.41. The van der Waals surface area contributed by atoms with Crippen molar-refractivity contribution < 1.29 is 28.5 Å². The number of amides is 2. The van der Waals surface area contributed by atoms with Gasteiger partial charge in [-0.2, -0.15) is 0 Å². The van der Waals surface area contributed by atoms with Gasteiger partial charge in [0.25, 0.3) is 0 Å². The highest BCUT2D eigenvalue weighted by Crippen LogP contribution is 2.30. The molecular weight excluding hydrogens is 496 g/mol. The molecule has 0 unspecified atom stereocenters. The number of carbonyl (C=O) groups is 2. The summed E-state index contributed by atoms with van der Waals surface area (Å²) in [6, 6.07) is 11.1. The lowest BCUT2D eigenvalue weighted by Gasteiger charge is -2.20. The van der Waals surface area contributed by atoms with Gasteiger partial charge in [-0.15, -0.1) is 0 Å². The van der Waals surface area contributed by atoms with Gasteiger partial charge in [0.15, 0.2) is 0 Å². The Morgan fingerprint density at radius 1 is 0.590 bits per heavy atom. The molecule has 8 nitrogen and oxygen atoms in total. The SMILES string of the molecule is COc1cccc(OC)c1/C=C/C=C/C(=O)N1CCCN(C(=O)/C=C/C=C/c2c(OC)cccc2OC)CC1. The van der Waals surface area contributed by atoms with Crippen molar-refractivity contribution in [3.05, 3.63) is 84.0 Å². The Hall–Kier alpha value is -4.46. The fourth-order valence-corrected chi connectivity index (χ4v) is 4.24. The van der Waals surface area contributed by atoms with E-state index in [1.807, 2.05) is 48.6 Å². The standard InChI is InChI=1S/C31H36N2O6/c1-36-26-14-9-15-27(37-2)24(26)12-5-7-18-30(34)32-20-11-21-33(23-22-32)31(35)19-8-6-13-25-28(38-3)16-10-17-29(25)39-4/h5-10,12-19H,11,20-23H2,1-4H3/b12-5+,13-6+,18-7+,19-8+. The Morgan fingerprint density at radius 2 is 0.949 bits per heavy atom. The van der Waals surface area contributed by atoms with Gasteiger partial charge in [0.2, 0.25) is 11.8 Å². The van der Waals surface area contributed by atoms with Crippen LogP contribution in [0.5, 0.6) is 23.0 Å². The molecule has 0 radical (unpaired) electrons. The van der Waals surface area contributed by atoms with Crippen LogP contribution in [-0.2, 0) is 9.59 Å². The number of carbonyl (C=O) groups excluding carboxylic acids is 2. The molecule has 1 aliphatic rings. The van der Waals surface area contributed by atoms with Crippen molar-refractivity contribution in [2.75, 3.05) is 54.6 Å². The monoisotopic (exact) mass is 532 g/mol. The van der Waals surface area contributed by atoms with E-state index >= 15 is 0 Å². The second-order valence-corrected chi connectivity index (χ2v) is 8.59. The predicted octanol–water partition coefficient (Wildman–Crippen LogP) is 4.62. The topological polar surface area (TPSA) is 77.5 Å². The number of allylic oxidation sites excluding steroid dienone is 4. The molecule has 3 rings (SSSR count). The highest BCUT2D eigenvalue weighted by Gasteiger charge is 2.19. The molecule has 2 aromatic carbocycles. The van der Waals surface area contributed by atoms with Crippen LogP contribution in [0.4, 0.5) is 0 Å². The zero-order valence-electron chi connectivity index (χ0n) is 23.0. The number of rotatable bonds is 10. The molecule has 0 bridgehead atoms. The maximum Gasteiger partial charge on any atom is 0.246 e. The van der Waals surface area contributed by atoms with Gasteiger partial charge in [-0.1, -0.05) is 36.4 Å². The van der Waals surface area contributed by atoms with Crippen molar-refractivity contribution in [2.24, 2.45) is 0 Å². The number of benzene rings is 2. The molecular formula is C31H36N2O6. The molecule has 0 aliphatic carbocycles. The van der Waals surface area contributed by atoms with Crippen LogP contribution in [0.3, 0.4) is 0 Å². The number of nitrogens with zero attached hydrogens (tertiary/aromatic N) is 2. The van der Waals surface area contributed by atoms with E-state index in [0.29, 0.717) is 55.6 Å². The van der Waals surface area contributed by atoms with Crippen LogP contribution < -0.4 is 18.9 Å². The molecule has 0 aromatic heterocycles. The largest absolute Gasteiger partial charge is 0.496 e. The Balaban J connectivity index is 1.54. The molecule has 0 atom stereocenters. The van der Waals surface area contributed by atoms with Crippen LogP contribution in [0.25, 0.3) is 12.2 Å². The minimum Gasteiger partial charge on any atom is -0.496 e. The van der Waals surface area contributed by atoms with Gasteiger partial charge in [-0.25, -0.2) is 0 Å². The van der Waals surface area contributed by atoms with Crippen molar-refractivity contribution >= 4 is 24.0 Å². The molecule has 2 aromatic rings. The summed E-state index contributed by atoms with van der Waals surface area (Å²) in [6.07, 6.45) is 14.4. The smallest absolute Gasteiger partial charge is 0.246 e. The van der Waals surface area contributed by atoms with Gasteiger partial charge in [0, 0.05) is 38.3 Å². The van der Waals surface area contributed by atoms with Gasteiger partial charge >= 0.3 is 0 Å². The van der Waals surface area contributed by atoms with Crippen LogP contribution in [0, 0.1) is 0 Å². The van der Waals surface area contributed by atoms with Crippen LogP contribution in [0.2, 0.25) is 0 Å². The average molecular weight is 533 g/mol. The van der Waals surface area contributed by atoms with Crippen molar-refractivity contribution in [2.45, 2.75) is 6.42 Å². The van der Waals surface area contributed by atoms with Gasteiger partial charge in [-0.3, -0.25) is 9.59 Å². The van der Waals surface area contributed by atoms with E-state index in [2.05, 4.69) is 0 Å². The first kappa shape index (κ1) is 29.1. The quantitative estimate of drug-likeness (QED) is 0.328. The minimum atomic E-state index is -0.0924. The summed E-state index contributed by atoms with van der Waals surface area (Å²) < 4.78 is 21.6. The van der Waals surface area contributed by atoms with E-state index in [1.165, 1.54) is 12.2 Å². The molecule has 0 saturated carbocycles. The molecule has 2 amide bonds. The predicted molar refractivity (Wildman–Crippen MR) is 153 cm³/mol. The number of ether oxygens (including phenoxy) is 4. The van der Waals surface area contributed by atoms with E-state index in [4.69, 9.17) is 18.9 Å². The lowest BCUT2D eigenvalue weighted by Crippen LogP contribution is -2.36. The summed E-state index contributed by atoms with van der Waals surface area (Å²) in [6.45, 7) is 2.13. The Labute approximate surface area is 230 Å². The molecule has 1 aliphatic heterocycles. The third-order valence-electron chi connectivity index (χ3n) is 6.28. The molecule has 8 heteroatoms. The van der Waals surface area contributed by atoms with Crippen molar-refractivity contribution in [1.29, 1.82) is 0 Å². The van der Waals surface area contributed by atoms with E-state index in [9.17, 15) is 9.59 Å². The van der Waals surface area contributed by atoms with Gasteiger partial charge < -0.3 is 28.7 Å². The van der Waals surface area contributed by atoms with Crippen molar-refractivity contribution in [1.82, 2.24) is 9.80 Å². The summed E-state index contributed by atoms with van der Waals surface area (Å²) in [5, 5.41) is 0. The summed E-state index contributed by atoms with van der Waals surface area (Å²) >= 11 is 0. The number of hydrogen-bond acceptors (Lipinski definition) is 6. The zero-order valence-corrected chi connectivity index (χ0v) is 23.0. The molecule has 1 fully saturated rings. The van der Waals surface area contributed by atoms with Crippen molar-refractivity contribution in [3.8, 4) is 23.0 Å². The van der Waals surface area contributed by atoms with Gasteiger partial charge in [-0.05, 0) is 42.8 Å². The highest BCUT2D eigenvalue weighted by atomic mass is 16.5. The van der Waals surface area contributed by atoms with E-state index < -0.39 is 0 Å². The normalized spacial score (nSPS) is 14.4. The summed E-state index contributed by atoms with van der Waals surface area (Å²) in [4.78, 5) is 29.0. The third kappa shape index (κ3) is 8.01. The van der Waals surface area contributed by atoms with Crippen LogP contribution in [0.15, 0.2) is 72.9 Å². The fraction of sp³-hybridized carbons (Fsp3) is 0.290. The van der Waals surface area contributed by atoms with Crippen LogP contribution >= 0.6 is 0 Å². The Bertz CT molecular complexity index is 1110. The first-order chi connectivity index (χ1) is 19.0. The second kappa shape index (κ2) is 15.1. The molecule has 0 N–H and O–H groups in total. The van der Waals surface area contributed by atoms with Crippen molar-refractivity contribution in [3.63, 3.8) is 0 Å². The summed E-state index contributed by atoms with van der Waals surface area (Å²) in [5.74, 6) is 2.56. The second-order valence-electron chi connectivity index (χ2n) is 8.59. The van der Waals surface area contributed by atoms with Gasteiger partial charge in [0.1, 0.15) is 23.0 Å². The molecule has 39 heavy (non-hydrogen) atoms. The van der Waals surface area contributed by atoms with E-state index in [-0.39, 0.29) is 11.8 Å². The first-order valence-electron chi connectivity index (χ1n) is 12.7. The molecule has 1 saturated heterocycles. The summed E-state index contributed by atoms with van der Waals surface area (Å²) in [5.41, 5.74) is 1.60. The fourth-order valence-electron chi connectivity index (χ4n) is 4.24. The number of methoxy groups -OCH3 is 4. The highest BCUT2D eigenvalue weighted by molar-refractivity contribution is 5.89. The molecule has 1 heterocycles. The van der Waals surface area contributed by atoms with E-state index in [1.54, 1.807) is 62.5 Å². The maximum absolute atomic E-state index is 12.7. The lowest BCUT2D eigenvalue weighted by molar-refractivity contribution is -0.128. The zero-order chi connectivity index (χ0) is 28.0.